The van der Waals surface area contributed by atoms with E-state index >= 15 is 0 Å². The maximum absolute atomic E-state index is 12.1. The molecule has 20 heavy (non-hydrogen) atoms. The zero-order valence-corrected chi connectivity index (χ0v) is 12.0. The van der Waals surface area contributed by atoms with E-state index in [9.17, 15) is 4.79 Å². The van der Waals surface area contributed by atoms with Gasteiger partial charge in [-0.25, -0.2) is 0 Å². The van der Waals surface area contributed by atoms with Crippen LogP contribution in [0.5, 0.6) is 0 Å². The molecule has 0 bridgehead atoms. The molecule has 1 aromatic rings. The smallest absolute Gasteiger partial charge is 0.225 e. The number of benzene rings is 1. The number of anilines is 1. The van der Waals surface area contributed by atoms with E-state index in [-0.39, 0.29) is 5.91 Å². The summed E-state index contributed by atoms with van der Waals surface area (Å²) in [5.74, 6) is 0.135. The molecule has 4 heteroatoms. The molecule has 4 nitrogen and oxygen atoms in total. The Morgan fingerprint density at radius 2 is 2.15 bits per heavy atom. The average molecular weight is 273 g/mol. The number of amides is 1. The van der Waals surface area contributed by atoms with Gasteiger partial charge in [0.15, 0.2) is 0 Å². The molecule has 2 aliphatic heterocycles. The first-order valence-electron chi connectivity index (χ1n) is 7.66. The number of hydrogen-bond donors (Lipinski definition) is 2. The van der Waals surface area contributed by atoms with Crippen LogP contribution >= 0.6 is 0 Å². The normalized spacial score (nSPS) is 18.8. The van der Waals surface area contributed by atoms with Crippen LogP contribution in [0.15, 0.2) is 18.2 Å². The SMILES string of the molecule is O=C(CCN1CCCC1)Nc1cccc2c1CNCC2. The third-order valence-corrected chi connectivity index (χ3v) is 4.27. The Morgan fingerprint density at radius 1 is 1.30 bits per heavy atom. The van der Waals surface area contributed by atoms with Crippen LogP contribution in [0.25, 0.3) is 0 Å². The number of likely N-dealkylation sites (tertiary alicyclic amines) is 1. The number of hydrogen-bond acceptors (Lipinski definition) is 3. The van der Waals surface area contributed by atoms with Crippen LogP contribution in [0.4, 0.5) is 5.69 Å². The van der Waals surface area contributed by atoms with Gasteiger partial charge >= 0.3 is 0 Å². The van der Waals surface area contributed by atoms with Crippen molar-refractivity contribution in [3.05, 3.63) is 29.3 Å². The van der Waals surface area contributed by atoms with E-state index in [1.807, 2.05) is 12.1 Å². The quantitative estimate of drug-likeness (QED) is 0.878. The molecule has 0 unspecified atom stereocenters. The van der Waals surface area contributed by atoms with Gasteiger partial charge in [-0.15, -0.1) is 0 Å². The molecule has 1 fully saturated rings. The molecule has 0 aliphatic carbocycles. The summed E-state index contributed by atoms with van der Waals surface area (Å²) in [6.07, 6.45) is 4.20. The van der Waals surface area contributed by atoms with Crippen molar-refractivity contribution in [2.45, 2.75) is 32.2 Å². The molecule has 0 radical (unpaired) electrons. The molecule has 108 valence electrons. The summed E-state index contributed by atoms with van der Waals surface area (Å²) in [5.41, 5.74) is 3.61. The van der Waals surface area contributed by atoms with Crippen molar-refractivity contribution in [2.24, 2.45) is 0 Å². The zero-order chi connectivity index (χ0) is 13.8. The summed E-state index contributed by atoms with van der Waals surface area (Å²) in [4.78, 5) is 14.5. The molecule has 0 aromatic heterocycles. The highest BCUT2D eigenvalue weighted by Gasteiger charge is 2.16. The lowest BCUT2D eigenvalue weighted by Gasteiger charge is -2.21. The lowest BCUT2D eigenvalue weighted by atomic mass is 9.99. The Bertz CT molecular complexity index is 481. The van der Waals surface area contributed by atoms with Crippen molar-refractivity contribution in [2.75, 3.05) is 31.5 Å². The number of fused-ring (bicyclic) bond motifs is 1. The molecular weight excluding hydrogens is 250 g/mol. The van der Waals surface area contributed by atoms with Crippen molar-refractivity contribution >= 4 is 11.6 Å². The van der Waals surface area contributed by atoms with Gasteiger partial charge in [-0.1, -0.05) is 12.1 Å². The minimum atomic E-state index is 0.135. The fourth-order valence-corrected chi connectivity index (χ4v) is 3.11. The van der Waals surface area contributed by atoms with Crippen molar-refractivity contribution in [3.8, 4) is 0 Å². The topological polar surface area (TPSA) is 44.4 Å². The van der Waals surface area contributed by atoms with Crippen LogP contribution in [0.2, 0.25) is 0 Å². The molecular formula is C16H23N3O. The largest absolute Gasteiger partial charge is 0.326 e. The van der Waals surface area contributed by atoms with Crippen LogP contribution in [-0.4, -0.2) is 37.0 Å². The second-order valence-electron chi connectivity index (χ2n) is 5.72. The first kappa shape index (κ1) is 13.6. The Kier molecular flexibility index (Phi) is 4.33. The number of nitrogens with one attached hydrogen (secondary N) is 2. The molecule has 0 atom stereocenters. The van der Waals surface area contributed by atoms with Gasteiger partial charge < -0.3 is 15.5 Å². The van der Waals surface area contributed by atoms with Crippen molar-refractivity contribution in [3.63, 3.8) is 0 Å². The molecule has 1 aromatic carbocycles. The van der Waals surface area contributed by atoms with Crippen molar-refractivity contribution < 1.29 is 4.79 Å². The number of nitrogens with zero attached hydrogens (tertiary/aromatic N) is 1. The number of carbonyl (C=O) groups is 1. The minimum absolute atomic E-state index is 0.135. The van der Waals surface area contributed by atoms with Gasteiger partial charge in [0.2, 0.25) is 5.91 Å². The van der Waals surface area contributed by atoms with Crippen LogP contribution in [0.1, 0.15) is 30.4 Å². The monoisotopic (exact) mass is 273 g/mol. The van der Waals surface area contributed by atoms with Gasteiger partial charge in [0.1, 0.15) is 0 Å². The van der Waals surface area contributed by atoms with E-state index in [1.165, 1.54) is 24.0 Å². The van der Waals surface area contributed by atoms with E-state index in [0.717, 1.165) is 44.8 Å². The fraction of sp³-hybridized carbons (Fsp3) is 0.562. The summed E-state index contributed by atoms with van der Waals surface area (Å²) >= 11 is 0. The van der Waals surface area contributed by atoms with Gasteiger partial charge in [-0.3, -0.25) is 4.79 Å². The Hall–Kier alpha value is -1.39. The highest BCUT2D eigenvalue weighted by molar-refractivity contribution is 5.91. The maximum atomic E-state index is 12.1. The van der Waals surface area contributed by atoms with Gasteiger partial charge in [0.25, 0.3) is 0 Å². The molecule has 2 N–H and O–H groups in total. The summed E-state index contributed by atoms with van der Waals surface area (Å²) in [6, 6.07) is 6.22. The van der Waals surface area contributed by atoms with Gasteiger partial charge in [0, 0.05) is 25.2 Å². The highest BCUT2D eigenvalue weighted by atomic mass is 16.1. The average Bonchev–Trinajstić information content (AvgIpc) is 2.99. The second-order valence-corrected chi connectivity index (χ2v) is 5.72. The van der Waals surface area contributed by atoms with Crippen molar-refractivity contribution in [1.29, 1.82) is 0 Å². The predicted octanol–water partition coefficient (Wildman–Crippen LogP) is 1.76. The van der Waals surface area contributed by atoms with Crippen LogP contribution in [0, 0.1) is 0 Å². The van der Waals surface area contributed by atoms with Crippen molar-refractivity contribution in [1.82, 2.24) is 10.2 Å². The Balaban J connectivity index is 1.58. The van der Waals surface area contributed by atoms with E-state index < -0.39 is 0 Å². The number of rotatable bonds is 4. The Morgan fingerprint density at radius 3 is 3.00 bits per heavy atom. The van der Waals surface area contributed by atoms with E-state index in [1.54, 1.807) is 0 Å². The van der Waals surface area contributed by atoms with Crippen LogP contribution < -0.4 is 10.6 Å². The highest BCUT2D eigenvalue weighted by Crippen LogP contribution is 2.23. The molecule has 0 saturated carbocycles. The maximum Gasteiger partial charge on any atom is 0.225 e. The molecule has 0 spiro atoms. The predicted molar refractivity (Wildman–Crippen MR) is 80.8 cm³/mol. The van der Waals surface area contributed by atoms with Gasteiger partial charge in [0.05, 0.1) is 0 Å². The van der Waals surface area contributed by atoms with Crippen LogP contribution in [0.3, 0.4) is 0 Å². The van der Waals surface area contributed by atoms with E-state index in [4.69, 9.17) is 0 Å². The Labute approximate surface area is 120 Å². The first-order chi connectivity index (χ1) is 9.83. The van der Waals surface area contributed by atoms with Gasteiger partial charge in [-0.2, -0.15) is 0 Å². The lowest BCUT2D eigenvalue weighted by molar-refractivity contribution is -0.116. The molecule has 1 saturated heterocycles. The van der Waals surface area contributed by atoms with E-state index in [0.29, 0.717) is 6.42 Å². The lowest BCUT2D eigenvalue weighted by Crippen LogP contribution is -2.27. The minimum Gasteiger partial charge on any atom is -0.326 e. The van der Waals surface area contributed by atoms with Crippen LogP contribution in [-0.2, 0) is 17.8 Å². The van der Waals surface area contributed by atoms with Gasteiger partial charge in [-0.05, 0) is 56.1 Å². The molecule has 3 rings (SSSR count). The molecule has 2 heterocycles. The first-order valence-corrected chi connectivity index (χ1v) is 7.66. The summed E-state index contributed by atoms with van der Waals surface area (Å²) in [5, 5.41) is 6.46. The second kappa shape index (κ2) is 6.37. The molecule has 1 amide bonds. The zero-order valence-electron chi connectivity index (χ0n) is 12.0. The fourth-order valence-electron chi connectivity index (χ4n) is 3.11. The van der Waals surface area contributed by atoms with E-state index in [2.05, 4.69) is 21.6 Å². The summed E-state index contributed by atoms with van der Waals surface area (Å²) in [7, 11) is 0. The third kappa shape index (κ3) is 3.19. The third-order valence-electron chi connectivity index (χ3n) is 4.27. The summed E-state index contributed by atoms with van der Waals surface area (Å²) in [6.45, 7) is 5.08. The molecule has 2 aliphatic rings. The number of carbonyl (C=O) groups excluding carboxylic acids is 1. The standard InChI is InChI=1S/C16H23N3O/c20-16(7-11-19-9-1-2-10-19)18-15-5-3-4-13-6-8-17-12-14(13)15/h3-5,17H,1-2,6-12H2,(H,18,20). The summed E-state index contributed by atoms with van der Waals surface area (Å²) < 4.78 is 0.